The number of hydrogen-bond acceptors (Lipinski definition) is 3. The van der Waals surface area contributed by atoms with Crippen LogP contribution in [0.25, 0.3) is 0 Å². The van der Waals surface area contributed by atoms with Crippen LogP contribution < -0.4 is 5.32 Å². The first-order valence-electron chi connectivity index (χ1n) is 21.6. The largest absolute Gasteiger partial charge is 0.306 e. The Labute approximate surface area is 307 Å². The second kappa shape index (κ2) is 35.0. The van der Waals surface area contributed by atoms with E-state index in [1.807, 2.05) is 0 Å². The Morgan fingerprint density at radius 3 is 1.39 bits per heavy atom. The van der Waals surface area contributed by atoms with Crippen LogP contribution in [0.15, 0.2) is 48.6 Å². The Bertz CT molecular complexity index is 792. The van der Waals surface area contributed by atoms with E-state index in [4.69, 9.17) is 0 Å². The first-order chi connectivity index (χ1) is 24.1. The number of ketones is 1. The lowest BCUT2D eigenvalue weighted by atomic mass is 9.88. The fraction of sp³-hybridized carbons (Fsp3) is 0.804. The molecule has 3 nitrogen and oxygen atoms in total. The lowest BCUT2D eigenvalue weighted by Crippen LogP contribution is -2.31. The fourth-order valence-electron chi connectivity index (χ4n) is 7.15. The Hall–Kier alpha value is -1.45. The zero-order valence-electron chi connectivity index (χ0n) is 33.4. The molecular formula is C46H84N2O. The fourth-order valence-corrected chi connectivity index (χ4v) is 7.15. The number of allylic oxidation sites excluding steroid dienone is 8. The van der Waals surface area contributed by atoms with Crippen LogP contribution in [0.5, 0.6) is 0 Å². The maximum Gasteiger partial charge on any atom is 0.149 e. The predicted molar refractivity (Wildman–Crippen MR) is 220 cm³/mol. The average molecular weight is 681 g/mol. The van der Waals surface area contributed by atoms with Crippen molar-refractivity contribution < 1.29 is 4.79 Å². The minimum atomic E-state index is 0.0803. The third kappa shape index (κ3) is 28.9. The van der Waals surface area contributed by atoms with E-state index in [-0.39, 0.29) is 6.04 Å². The number of hydrogen-bond donors (Lipinski definition) is 1. The van der Waals surface area contributed by atoms with Crippen molar-refractivity contribution in [3.8, 4) is 0 Å². The molecular weight excluding hydrogens is 597 g/mol. The summed E-state index contributed by atoms with van der Waals surface area (Å²) >= 11 is 0. The summed E-state index contributed by atoms with van der Waals surface area (Å²) in [4.78, 5) is 15.3. The molecule has 49 heavy (non-hydrogen) atoms. The second-order valence-corrected chi connectivity index (χ2v) is 15.4. The van der Waals surface area contributed by atoms with Gasteiger partial charge in [0, 0.05) is 19.0 Å². The van der Waals surface area contributed by atoms with E-state index in [1.54, 1.807) is 0 Å². The zero-order chi connectivity index (χ0) is 35.5. The maximum absolute atomic E-state index is 13.1. The minimum absolute atomic E-state index is 0.0803. The molecule has 1 rings (SSSR count). The first kappa shape index (κ1) is 45.6. The van der Waals surface area contributed by atoms with E-state index in [9.17, 15) is 4.79 Å². The van der Waals surface area contributed by atoms with Crippen LogP contribution in [0.2, 0.25) is 0 Å². The van der Waals surface area contributed by atoms with Gasteiger partial charge in [-0.2, -0.15) is 0 Å². The number of carbonyl (C=O) groups excluding carboxylic acids is 1. The Kier molecular flexibility index (Phi) is 32.5. The molecule has 0 aliphatic carbocycles. The van der Waals surface area contributed by atoms with Crippen molar-refractivity contribution >= 4 is 5.78 Å². The topological polar surface area (TPSA) is 32.3 Å². The molecule has 0 radical (unpaired) electrons. The van der Waals surface area contributed by atoms with Crippen LogP contribution in [0.4, 0.5) is 0 Å². The lowest BCUT2D eigenvalue weighted by molar-refractivity contribution is -0.121. The summed E-state index contributed by atoms with van der Waals surface area (Å²) in [5.74, 6) is 1.19. The molecule has 1 saturated heterocycles. The normalized spacial score (nSPS) is 17.1. The van der Waals surface area contributed by atoms with Crippen molar-refractivity contribution in [2.45, 2.75) is 212 Å². The molecule has 1 fully saturated rings. The number of unbranched alkanes of at least 4 members (excludes halogenated alkanes) is 18. The molecule has 1 N–H and O–H groups in total. The molecule has 0 bridgehead atoms. The van der Waals surface area contributed by atoms with Gasteiger partial charge in [-0.05, 0) is 97.1 Å². The minimum Gasteiger partial charge on any atom is -0.306 e. The molecule has 284 valence electrons. The summed E-state index contributed by atoms with van der Waals surface area (Å²) in [6.45, 7) is 5.49. The SMILES string of the molecule is CCCCC/C=C\C/C=C\CCCCCCCCC(CCCCCCCC/C=C\C/C=C\CCCCC)CCC(=O)[C@@H]1C[C@H](N(C)C)CN1. The third-order valence-corrected chi connectivity index (χ3v) is 10.7. The number of nitrogens with zero attached hydrogens (tertiary/aromatic N) is 1. The summed E-state index contributed by atoms with van der Waals surface area (Å²) < 4.78 is 0. The van der Waals surface area contributed by atoms with Gasteiger partial charge in [-0.25, -0.2) is 0 Å². The van der Waals surface area contributed by atoms with Crippen LogP contribution in [-0.4, -0.2) is 43.4 Å². The summed E-state index contributed by atoms with van der Waals surface area (Å²) in [6, 6.07) is 0.582. The van der Waals surface area contributed by atoms with E-state index in [2.05, 4.69) is 86.8 Å². The quantitative estimate of drug-likeness (QED) is 0.0534. The van der Waals surface area contributed by atoms with Crippen molar-refractivity contribution in [3.05, 3.63) is 48.6 Å². The van der Waals surface area contributed by atoms with E-state index < -0.39 is 0 Å². The highest BCUT2D eigenvalue weighted by molar-refractivity contribution is 5.84. The van der Waals surface area contributed by atoms with Gasteiger partial charge in [0.1, 0.15) is 5.78 Å². The van der Waals surface area contributed by atoms with Crippen molar-refractivity contribution in [1.29, 1.82) is 0 Å². The molecule has 0 saturated carbocycles. The number of likely N-dealkylation sites (N-methyl/N-ethyl adjacent to an activating group) is 1. The monoisotopic (exact) mass is 681 g/mol. The Balaban J connectivity index is 2.21. The maximum atomic E-state index is 13.1. The third-order valence-electron chi connectivity index (χ3n) is 10.7. The number of carbonyl (C=O) groups is 1. The Morgan fingerprint density at radius 2 is 0.980 bits per heavy atom. The summed E-state index contributed by atoms with van der Waals surface area (Å²) in [5, 5.41) is 3.51. The number of rotatable bonds is 35. The van der Waals surface area contributed by atoms with Crippen LogP contribution in [0.1, 0.15) is 200 Å². The summed E-state index contributed by atoms with van der Waals surface area (Å²) in [6.07, 6.45) is 55.8. The van der Waals surface area contributed by atoms with Gasteiger partial charge in [0.05, 0.1) is 6.04 Å². The molecule has 1 aliphatic rings. The second-order valence-electron chi connectivity index (χ2n) is 15.4. The molecule has 1 aliphatic heterocycles. The van der Waals surface area contributed by atoms with E-state index in [1.165, 1.54) is 154 Å². The smallest absolute Gasteiger partial charge is 0.149 e. The molecule has 1 heterocycles. The average Bonchev–Trinajstić information content (AvgIpc) is 3.61. The van der Waals surface area contributed by atoms with E-state index in [0.717, 1.165) is 44.6 Å². The summed E-state index contributed by atoms with van der Waals surface area (Å²) in [7, 11) is 4.27. The molecule has 0 amide bonds. The molecule has 0 aromatic carbocycles. The van der Waals surface area contributed by atoms with Crippen molar-refractivity contribution in [2.75, 3.05) is 20.6 Å². The van der Waals surface area contributed by atoms with Crippen molar-refractivity contribution in [1.82, 2.24) is 10.2 Å². The standard InChI is InChI=1S/C46H84N2O/c1-5-7-9-11-13-15-17-19-21-23-25-27-29-31-33-35-37-43(39-40-46(49)45-41-44(42-47-45)48(3)4)38-36-34-32-30-28-26-24-22-20-18-16-14-12-10-8-6-2/h13-16,19-22,43-45,47H,5-12,17-18,23-42H2,1-4H3/b15-13-,16-14-,21-19-,22-20-/t44-,45-/m0/s1. The van der Waals surface area contributed by atoms with Crippen LogP contribution in [0.3, 0.4) is 0 Å². The molecule has 0 aromatic rings. The molecule has 0 unspecified atom stereocenters. The van der Waals surface area contributed by atoms with Crippen molar-refractivity contribution in [3.63, 3.8) is 0 Å². The number of nitrogens with one attached hydrogen (secondary N) is 1. The highest BCUT2D eigenvalue weighted by Gasteiger charge is 2.30. The van der Waals surface area contributed by atoms with Gasteiger partial charge in [-0.3, -0.25) is 4.79 Å². The first-order valence-corrected chi connectivity index (χ1v) is 21.6. The van der Waals surface area contributed by atoms with Gasteiger partial charge in [0.25, 0.3) is 0 Å². The molecule has 2 atom stereocenters. The van der Waals surface area contributed by atoms with E-state index in [0.29, 0.717) is 11.8 Å². The van der Waals surface area contributed by atoms with Crippen LogP contribution >= 0.6 is 0 Å². The molecule has 0 aromatic heterocycles. The lowest BCUT2D eigenvalue weighted by Gasteiger charge is -2.19. The van der Waals surface area contributed by atoms with Gasteiger partial charge in [0.2, 0.25) is 0 Å². The molecule has 0 spiro atoms. The van der Waals surface area contributed by atoms with Crippen LogP contribution in [0, 0.1) is 5.92 Å². The van der Waals surface area contributed by atoms with Gasteiger partial charge >= 0.3 is 0 Å². The van der Waals surface area contributed by atoms with Gasteiger partial charge in [0.15, 0.2) is 0 Å². The van der Waals surface area contributed by atoms with Crippen molar-refractivity contribution in [2.24, 2.45) is 5.92 Å². The Morgan fingerprint density at radius 1 is 0.571 bits per heavy atom. The van der Waals surface area contributed by atoms with Gasteiger partial charge in [-0.1, -0.05) is 165 Å². The zero-order valence-corrected chi connectivity index (χ0v) is 33.4. The number of Topliss-reactive ketones (excluding diaryl/α,β-unsaturated/α-hetero) is 1. The van der Waals surface area contributed by atoms with Gasteiger partial charge in [-0.15, -0.1) is 0 Å². The highest BCUT2D eigenvalue weighted by atomic mass is 16.1. The van der Waals surface area contributed by atoms with Crippen LogP contribution in [-0.2, 0) is 4.79 Å². The predicted octanol–water partition coefficient (Wildman–Crippen LogP) is 13.7. The molecule has 3 heteroatoms. The van der Waals surface area contributed by atoms with E-state index >= 15 is 0 Å². The summed E-state index contributed by atoms with van der Waals surface area (Å²) in [5.41, 5.74) is 0. The van der Waals surface area contributed by atoms with Gasteiger partial charge < -0.3 is 10.2 Å². The highest BCUT2D eigenvalue weighted by Crippen LogP contribution is 2.25.